The van der Waals surface area contributed by atoms with Crippen molar-refractivity contribution < 1.29 is 13.2 Å². The molecule has 1 aliphatic rings. The van der Waals surface area contributed by atoms with Gasteiger partial charge in [-0.25, -0.2) is 8.42 Å². The summed E-state index contributed by atoms with van der Waals surface area (Å²) in [5.74, 6) is -0.211. The van der Waals surface area contributed by atoms with Crippen LogP contribution >= 0.6 is 0 Å². The Balaban J connectivity index is 1.73. The fraction of sp³-hybridized carbons (Fsp3) is 0.278. The number of anilines is 1. The maximum Gasteiger partial charge on any atom is 0.255 e. The molecule has 4 nitrogen and oxygen atoms in total. The number of nitrogens with one attached hydrogen (secondary N) is 1. The van der Waals surface area contributed by atoms with E-state index < -0.39 is 9.84 Å². The van der Waals surface area contributed by atoms with Crippen molar-refractivity contribution in [2.45, 2.75) is 35.8 Å². The normalized spacial score (nSPS) is 15.5. The molecule has 0 saturated heterocycles. The smallest absolute Gasteiger partial charge is 0.255 e. The van der Waals surface area contributed by atoms with Gasteiger partial charge in [0.1, 0.15) is 0 Å². The van der Waals surface area contributed by atoms with Crippen LogP contribution in [0.5, 0.6) is 0 Å². The number of benzene rings is 2. The summed E-state index contributed by atoms with van der Waals surface area (Å²) in [6, 6.07) is 15.3. The van der Waals surface area contributed by atoms with Crippen molar-refractivity contribution in [3.63, 3.8) is 0 Å². The Bertz CT molecular complexity index is 777. The largest absolute Gasteiger partial charge is 0.322 e. The van der Waals surface area contributed by atoms with E-state index in [0.29, 0.717) is 16.1 Å². The van der Waals surface area contributed by atoms with E-state index in [4.69, 9.17) is 0 Å². The number of hydrogen-bond acceptors (Lipinski definition) is 3. The van der Waals surface area contributed by atoms with E-state index in [1.54, 1.807) is 48.5 Å². The highest BCUT2D eigenvalue weighted by Crippen LogP contribution is 2.30. The van der Waals surface area contributed by atoms with Gasteiger partial charge in [0.05, 0.1) is 10.1 Å². The minimum absolute atomic E-state index is 0.211. The summed E-state index contributed by atoms with van der Waals surface area (Å²) in [5.41, 5.74) is 1.15. The first-order valence-corrected chi connectivity index (χ1v) is 9.32. The topological polar surface area (TPSA) is 63.2 Å². The Morgan fingerprint density at radius 1 is 0.913 bits per heavy atom. The number of carbonyl (C=O) groups excluding carboxylic acids is 1. The van der Waals surface area contributed by atoms with E-state index in [0.717, 1.165) is 25.7 Å². The van der Waals surface area contributed by atoms with Crippen LogP contribution in [0.2, 0.25) is 0 Å². The van der Waals surface area contributed by atoms with Crippen molar-refractivity contribution in [2.24, 2.45) is 0 Å². The molecule has 5 heteroatoms. The first-order valence-electron chi connectivity index (χ1n) is 7.78. The zero-order chi connectivity index (χ0) is 16.3. The van der Waals surface area contributed by atoms with Gasteiger partial charge in [-0.1, -0.05) is 31.0 Å². The number of carbonyl (C=O) groups is 1. The molecule has 1 saturated carbocycles. The van der Waals surface area contributed by atoms with Crippen molar-refractivity contribution >= 4 is 21.4 Å². The molecule has 0 atom stereocenters. The molecule has 3 rings (SSSR count). The summed E-state index contributed by atoms with van der Waals surface area (Å²) < 4.78 is 25.0. The summed E-state index contributed by atoms with van der Waals surface area (Å²) in [7, 11) is -3.25. The average molecular weight is 329 g/mol. The lowest BCUT2D eigenvalue weighted by Crippen LogP contribution is -2.18. The standard InChI is InChI=1S/C18H19NO3S/c20-18(14-6-2-1-3-7-14)19-15-10-12-17(13-11-15)23(21,22)16-8-4-5-9-16/h1-3,6-7,10-13,16H,4-5,8-9H2,(H,19,20). The third-order valence-electron chi connectivity index (χ3n) is 4.22. The maximum absolute atomic E-state index is 12.5. The van der Waals surface area contributed by atoms with Gasteiger partial charge in [0, 0.05) is 11.3 Å². The third kappa shape index (κ3) is 3.45. The first-order chi connectivity index (χ1) is 11.1. The molecular formula is C18H19NO3S. The fourth-order valence-corrected chi connectivity index (χ4v) is 4.77. The summed E-state index contributed by atoms with van der Waals surface area (Å²) >= 11 is 0. The summed E-state index contributed by atoms with van der Waals surface area (Å²) in [6.07, 6.45) is 3.45. The fourth-order valence-electron chi connectivity index (χ4n) is 2.91. The monoisotopic (exact) mass is 329 g/mol. The molecule has 0 aliphatic heterocycles. The van der Waals surface area contributed by atoms with Crippen LogP contribution < -0.4 is 5.32 Å². The van der Waals surface area contributed by atoms with Crippen molar-refractivity contribution in [1.82, 2.24) is 0 Å². The molecule has 1 amide bonds. The molecule has 1 fully saturated rings. The molecule has 0 bridgehead atoms. The Labute approximate surface area is 136 Å². The Hall–Kier alpha value is -2.14. The third-order valence-corrected chi connectivity index (χ3v) is 6.50. The van der Waals surface area contributed by atoms with E-state index in [1.165, 1.54) is 0 Å². The highest BCUT2D eigenvalue weighted by Gasteiger charge is 2.30. The van der Waals surface area contributed by atoms with Crippen LogP contribution in [0.4, 0.5) is 5.69 Å². The Kier molecular flexibility index (Phi) is 4.48. The lowest BCUT2D eigenvalue weighted by atomic mass is 10.2. The van der Waals surface area contributed by atoms with Gasteiger partial charge in [-0.05, 0) is 49.2 Å². The van der Waals surface area contributed by atoms with Gasteiger partial charge in [0.2, 0.25) is 0 Å². The lowest BCUT2D eigenvalue weighted by Gasteiger charge is -2.12. The predicted octanol–water partition coefficient (Wildman–Crippen LogP) is 3.66. The van der Waals surface area contributed by atoms with E-state index in [2.05, 4.69) is 5.32 Å². The molecule has 0 radical (unpaired) electrons. The van der Waals surface area contributed by atoms with Gasteiger partial charge in [0.15, 0.2) is 9.84 Å². The number of hydrogen-bond donors (Lipinski definition) is 1. The SMILES string of the molecule is O=C(Nc1ccc(S(=O)(=O)C2CCCC2)cc1)c1ccccc1. The van der Waals surface area contributed by atoms with Gasteiger partial charge in [-0.15, -0.1) is 0 Å². The van der Waals surface area contributed by atoms with E-state index >= 15 is 0 Å². The van der Waals surface area contributed by atoms with Gasteiger partial charge in [0.25, 0.3) is 5.91 Å². The highest BCUT2D eigenvalue weighted by atomic mass is 32.2. The van der Waals surface area contributed by atoms with Crippen LogP contribution in [0, 0.1) is 0 Å². The zero-order valence-electron chi connectivity index (χ0n) is 12.7. The maximum atomic E-state index is 12.5. The van der Waals surface area contributed by atoms with E-state index in [1.807, 2.05) is 6.07 Å². The van der Waals surface area contributed by atoms with Crippen molar-refractivity contribution in [3.8, 4) is 0 Å². The molecule has 0 unspecified atom stereocenters. The van der Waals surface area contributed by atoms with Gasteiger partial charge >= 0.3 is 0 Å². The zero-order valence-corrected chi connectivity index (χ0v) is 13.6. The summed E-state index contributed by atoms with van der Waals surface area (Å²) in [4.78, 5) is 12.4. The summed E-state index contributed by atoms with van der Waals surface area (Å²) in [5, 5.41) is 2.52. The van der Waals surface area contributed by atoms with Crippen LogP contribution in [0.25, 0.3) is 0 Å². The summed E-state index contributed by atoms with van der Waals surface area (Å²) in [6.45, 7) is 0. The highest BCUT2D eigenvalue weighted by molar-refractivity contribution is 7.92. The number of rotatable bonds is 4. The second-order valence-corrected chi connectivity index (χ2v) is 8.02. The van der Waals surface area contributed by atoms with E-state index in [9.17, 15) is 13.2 Å². The molecule has 0 aromatic heterocycles. The molecule has 1 N–H and O–H groups in total. The van der Waals surface area contributed by atoms with Crippen LogP contribution in [0.15, 0.2) is 59.5 Å². The van der Waals surface area contributed by atoms with Gasteiger partial charge in [-0.3, -0.25) is 4.79 Å². The minimum Gasteiger partial charge on any atom is -0.322 e. The van der Waals surface area contributed by atoms with Crippen LogP contribution in [0.1, 0.15) is 36.0 Å². The van der Waals surface area contributed by atoms with Crippen LogP contribution in [-0.4, -0.2) is 19.6 Å². The number of sulfone groups is 1. The molecule has 120 valence electrons. The van der Waals surface area contributed by atoms with Gasteiger partial charge in [-0.2, -0.15) is 0 Å². The molecule has 2 aromatic rings. The molecule has 0 heterocycles. The van der Waals surface area contributed by atoms with E-state index in [-0.39, 0.29) is 11.2 Å². The van der Waals surface area contributed by atoms with Crippen LogP contribution in [-0.2, 0) is 9.84 Å². The Morgan fingerprint density at radius 2 is 1.52 bits per heavy atom. The molecular weight excluding hydrogens is 310 g/mol. The molecule has 2 aromatic carbocycles. The van der Waals surface area contributed by atoms with Crippen molar-refractivity contribution in [3.05, 3.63) is 60.2 Å². The number of amides is 1. The molecule has 23 heavy (non-hydrogen) atoms. The molecule has 1 aliphatic carbocycles. The minimum atomic E-state index is -3.25. The van der Waals surface area contributed by atoms with Gasteiger partial charge < -0.3 is 5.32 Å². The average Bonchev–Trinajstić information content (AvgIpc) is 3.11. The van der Waals surface area contributed by atoms with Crippen LogP contribution in [0.3, 0.4) is 0 Å². The second kappa shape index (κ2) is 6.54. The second-order valence-electron chi connectivity index (χ2n) is 5.80. The lowest BCUT2D eigenvalue weighted by molar-refractivity contribution is 0.102. The van der Waals surface area contributed by atoms with Crippen molar-refractivity contribution in [2.75, 3.05) is 5.32 Å². The Morgan fingerprint density at radius 3 is 2.13 bits per heavy atom. The predicted molar refractivity (Wildman–Crippen MR) is 90.3 cm³/mol. The first kappa shape index (κ1) is 15.7. The molecule has 0 spiro atoms. The quantitative estimate of drug-likeness (QED) is 0.931. The van der Waals surface area contributed by atoms with Crippen molar-refractivity contribution in [1.29, 1.82) is 0 Å².